The summed E-state index contributed by atoms with van der Waals surface area (Å²) >= 11 is 0. The third-order valence-electron chi connectivity index (χ3n) is 5.05. The van der Waals surface area contributed by atoms with Gasteiger partial charge in [0.25, 0.3) is 15.9 Å². The van der Waals surface area contributed by atoms with Crippen LogP contribution < -0.4 is 4.31 Å². The van der Waals surface area contributed by atoms with Crippen LogP contribution in [-0.4, -0.2) is 39.4 Å². The minimum atomic E-state index is -3.74. The summed E-state index contributed by atoms with van der Waals surface area (Å²) < 4.78 is 27.4. The fraction of sp³-hybridized carbons (Fsp3) is 0.381. The van der Waals surface area contributed by atoms with Gasteiger partial charge in [0.05, 0.1) is 10.6 Å². The van der Waals surface area contributed by atoms with E-state index in [9.17, 15) is 13.2 Å². The highest BCUT2D eigenvalue weighted by molar-refractivity contribution is 7.92. The van der Waals surface area contributed by atoms with E-state index in [2.05, 4.69) is 6.92 Å². The molecule has 1 aliphatic heterocycles. The van der Waals surface area contributed by atoms with Gasteiger partial charge in [0.2, 0.25) is 0 Å². The molecule has 0 aromatic heterocycles. The number of anilines is 1. The van der Waals surface area contributed by atoms with Crippen molar-refractivity contribution in [2.75, 3.05) is 24.4 Å². The standard InChI is InChI=1S/C21H26N2O3S/c1-16-7-4-10-19(13-16)22(3)27(25,26)20-11-5-9-18(14-20)21(24)23-12-6-8-17(2)15-23/h4-5,7,9-11,13-14,17H,6,8,12,15H2,1-3H3. The highest BCUT2D eigenvalue weighted by Crippen LogP contribution is 2.24. The van der Waals surface area contributed by atoms with Gasteiger partial charge in [-0.3, -0.25) is 9.10 Å². The molecule has 27 heavy (non-hydrogen) atoms. The molecule has 1 unspecified atom stereocenters. The molecular formula is C21H26N2O3S. The van der Waals surface area contributed by atoms with Crippen molar-refractivity contribution in [2.45, 2.75) is 31.6 Å². The van der Waals surface area contributed by atoms with Gasteiger partial charge >= 0.3 is 0 Å². The Labute approximate surface area is 161 Å². The number of piperidine rings is 1. The Morgan fingerprint density at radius 3 is 2.59 bits per heavy atom. The second-order valence-electron chi connectivity index (χ2n) is 7.34. The van der Waals surface area contributed by atoms with E-state index < -0.39 is 10.0 Å². The van der Waals surface area contributed by atoms with Crippen molar-refractivity contribution in [3.8, 4) is 0 Å². The molecule has 0 saturated carbocycles. The van der Waals surface area contributed by atoms with Gasteiger partial charge in [0.1, 0.15) is 0 Å². The van der Waals surface area contributed by atoms with Gasteiger partial charge in [-0.25, -0.2) is 8.42 Å². The normalized spacial score (nSPS) is 17.6. The predicted octanol–water partition coefficient (Wildman–Crippen LogP) is 3.69. The van der Waals surface area contributed by atoms with Gasteiger partial charge in [0, 0.05) is 25.7 Å². The van der Waals surface area contributed by atoms with Gasteiger partial charge in [-0.05, 0) is 61.6 Å². The molecular weight excluding hydrogens is 360 g/mol. The summed E-state index contributed by atoms with van der Waals surface area (Å²) in [5.41, 5.74) is 2.00. The van der Waals surface area contributed by atoms with E-state index in [4.69, 9.17) is 0 Å². The van der Waals surface area contributed by atoms with E-state index in [-0.39, 0.29) is 10.8 Å². The summed E-state index contributed by atoms with van der Waals surface area (Å²) in [6.07, 6.45) is 2.11. The van der Waals surface area contributed by atoms with Crippen LogP contribution in [0.4, 0.5) is 5.69 Å². The summed E-state index contributed by atoms with van der Waals surface area (Å²) in [5, 5.41) is 0. The zero-order chi connectivity index (χ0) is 19.6. The number of rotatable bonds is 4. The van der Waals surface area contributed by atoms with Crippen molar-refractivity contribution < 1.29 is 13.2 Å². The van der Waals surface area contributed by atoms with Crippen molar-refractivity contribution >= 4 is 21.6 Å². The molecule has 1 heterocycles. The molecule has 0 bridgehead atoms. The third kappa shape index (κ3) is 4.16. The molecule has 1 atom stereocenters. The highest BCUT2D eigenvalue weighted by Gasteiger charge is 2.25. The van der Waals surface area contributed by atoms with E-state index in [1.54, 1.807) is 18.2 Å². The summed E-state index contributed by atoms with van der Waals surface area (Å²) in [5.74, 6) is 0.374. The molecule has 5 nitrogen and oxygen atoms in total. The van der Waals surface area contributed by atoms with Crippen LogP contribution in [0.5, 0.6) is 0 Å². The SMILES string of the molecule is Cc1cccc(N(C)S(=O)(=O)c2cccc(C(=O)N3CCCC(C)C3)c2)c1. The lowest BCUT2D eigenvalue weighted by molar-refractivity contribution is 0.0683. The first-order valence-corrected chi connectivity index (χ1v) is 10.7. The molecule has 3 rings (SSSR count). The first kappa shape index (κ1) is 19.4. The number of carbonyl (C=O) groups is 1. The third-order valence-corrected chi connectivity index (χ3v) is 6.83. The lowest BCUT2D eigenvalue weighted by Crippen LogP contribution is -2.39. The van der Waals surface area contributed by atoms with Crippen molar-refractivity contribution in [3.63, 3.8) is 0 Å². The number of benzene rings is 2. The van der Waals surface area contributed by atoms with Crippen LogP contribution in [0.1, 0.15) is 35.7 Å². The minimum absolute atomic E-state index is 0.100. The Morgan fingerprint density at radius 2 is 1.89 bits per heavy atom. The van der Waals surface area contributed by atoms with Crippen LogP contribution in [0.3, 0.4) is 0 Å². The van der Waals surface area contributed by atoms with E-state index in [0.717, 1.165) is 31.5 Å². The first-order chi connectivity index (χ1) is 12.8. The smallest absolute Gasteiger partial charge is 0.264 e. The molecule has 2 aromatic carbocycles. The molecule has 144 valence electrons. The Morgan fingerprint density at radius 1 is 1.15 bits per heavy atom. The predicted molar refractivity (Wildman–Crippen MR) is 108 cm³/mol. The maximum atomic E-state index is 13.0. The van der Waals surface area contributed by atoms with E-state index in [0.29, 0.717) is 17.2 Å². The van der Waals surface area contributed by atoms with E-state index in [1.807, 2.05) is 30.0 Å². The van der Waals surface area contributed by atoms with Crippen molar-refractivity contribution in [1.29, 1.82) is 0 Å². The maximum Gasteiger partial charge on any atom is 0.264 e. The number of hydrogen-bond donors (Lipinski definition) is 0. The average Bonchev–Trinajstić information content (AvgIpc) is 2.67. The number of nitrogens with zero attached hydrogens (tertiary/aromatic N) is 2. The van der Waals surface area contributed by atoms with Gasteiger partial charge in [0.15, 0.2) is 0 Å². The second kappa shape index (κ2) is 7.72. The summed E-state index contributed by atoms with van der Waals surface area (Å²) in [7, 11) is -2.21. The topological polar surface area (TPSA) is 57.7 Å². The van der Waals surface area contributed by atoms with Gasteiger partial charge in [-0.15, -0.1) is 0 Å². The van der Waals surface area contributed by atoms with Crippen molar-refractivity contribution in [2.24, 2.45) is 5.92 Å². The lowest BCUT2D eigenvalue weighted by atomic mass is 9.99. The quantitative estimate of drug-likeness (QED) is 0.805. The molecule has 6 heteroatoms. The van der Waals surface area contributed by atoms with Crippen LogP contribution in [0.25, 0.3) is 0 Å². The number of carbonyl (C=O) groups excluding carboxylic acids is 1. The zero-order valence-corrected chi connectivity index (χ0v) is 16.9. The van der Waals surface area contributed by atoms with E-state index >= 15 is 0 Å². The average molecular weight is 387 g/mol. The van der Waals surface area contributed by atoms with Gasteiger partial charge in [-0.1, -0.05) is 25.1 Å². The Kier molecular flexibility index (Phi) is 5.56. The number of amides is 1. The molecule has 0 radical (unpaired) electrons. The van der Waals surface area contributed by atoms with Crippen LogP contribution in [0.15, 0.2) is 53.4 Å². The van der Waals surface area contributed by atoms with Crippen molar-refractivity contribution in [3.05, 3.63) is 59.7 Å². The van der Waals surface area contributed by atoms with E-state index in [1.165, 1.54) is 23.5 Å². The Balaban J connectivity index is 1.89. The molecule has 1 aliphatic rings. The monoisotopic (exact) mass is 386 g/mol. The molecule has 1 amide bonds. The molecule has 1 saturated heterocycles. The maximum absolute atomic E-state index is 13.0. The fourth-order valence-corrected chi connectivity index (χ4v) is 4.70. The van der Waals surface area contributed by atoms with Crippen LogP contribution >= 0.6 is 0 Å². The minimum Gasteiger partial charge on any atom is -0.338 e. The Hall–Kier alpha value is -2.34. The van der Waals surface area contributed by atoms with Gasteiger partial charge in [-0.2, -0.15) is 0 Å². The van der Waals surface area contributed by atoms with Gasteiger partial charge < -0.3 is 4.90 Å². The largest absolute Gasteiger partial charge is 0.338 e. The number of likely N-dealkylation sites (tertiary alicyclic amines) is 1. The van der Waals surface area contributed by atoms with Crippen LogP contribution in [-0.2, 0) is 10.0 Å². The molecule has 0 aliphatic carbocycles. The summed E-state index contributed by atoms with van der Waals surface area (Å²) in [6.45, 7) is 5.50. The summed E-state index contributed by atoms with van der Waals surface area (Å²) in [4.78, 5) is 14.8. The highest BCUT2D eigenvalue weighted by atomic mass is 32.2. The second-order valence-corrected chi connectivity index (χ2v) is 9.31. The lowest BCUT2D eigenvalue weighted by Gasteiger charge is -2.31. The van der Waals surface area contributed by atoms with Crippen molar-refractivity contribution in [1.82, 2.24) is 4.90 Å². The molecule has 1 fully saturated rings. The number of sulfonamides is 1. The van der Waals surface area contributed by atoms with Crippen LogP contribution in [0, 0.1) is 12.8 Å². The zero-order valence-electron chi connectivity index (χ0n) is 16.1. The number of aryl methyl sites for hydroxylation is 1. The van der Waals surface area contributed by atoms with Crippen LogP contribution in [0.2, 0.25) is 0 Å². The number of hydrogen-bond acceptors (Lipinski definition) is 3. The molecule has 0 N–H and O–H groups in total. The Bertz CT molecular complexity index is 940. The molecule has 2 aromatic rings. The fourth-order valence-electron chi connectivity index (χ4n) is 3.47. The summed E-state index contributed by atoms with van der Waals surface area (Å²) in [6, 6.07) is 13.7. The molecule has 0 spiro atoms. The first-order valence-electron chi connectivity index (χ1n) is 9.24.